The predicted molar refractivity (Wildman–Crippen MR) is 93.1 cm³/mol. The molecule has 0 aliphatic carbocycles. The molecule has 0 aromatic heterocycles. The standard InChI is InChI=1S/C15H12ClIN2O3/c16-9-5-7-10(8-6-9)18-15(22)19-13(14(20)21)11-3-1-2-4-12(11)17/h1-8,13H,(H,20,21)(H2,18,19,22). The SMILES string of the molecule is O=C(Nc1ccc(Cl)cc1)NC(C(=O)O)c1ccccc1I. The van der Waals surface area contributed by atoms with Crippen molar-refractivity contribution in [2.75, 3.05) is 5.32 Å². The quantitative estimate of drug-likeness (QED) is 0.644. The van der Waals surface area contributed by atoms with Crippen LogP contribution in [0, 0.1) is 3.57 Å². The highest BCUT2D eigenvalue weighted by atomic mass is 127. The van der Waals surface area contributed by atoms with Gasteiger partial charge in [0.2, 0.25) is 0 Å². The number of halogens is 2. The summed E-state index contributed by atoms with van der Waals surface area (Å²) in [4.78, 5) is 23.4. The van der Waals surface area contributed by atoms with E-state index in [-0.39, 0.29) is 0 Å². The van der Waals surface area contributed by atoms with Crippen molar-refractivity contribution in [2.24, 2.45) is 0 Å². The smallest absolute Gasteiger partial charge is 0.331 e. The Labute approximate surface area is 145 Å². The van der Waals surface area contributed by atoms with E-state index in [9.17, 15) is 14.7 Å². The molecule has 0 saturated heterocycles. The zero-order valence-corrected chi connectivity index (χ0v) is 14.1. The third kappa shape index (κ3) is 4.35. The van der Waals surface area contributed by atoms with E-state index in [0.29, 0.717) is 16.3 Å². The van der Waals surface area contributed by atoms with Gasteiger partial charge in [-0.05, 0) is 58.5 Å². The number of carboxylic acids is 1. The average molecular weight is 431 g/mol. The van der Waals surface area contributed by atoms with Gasteiger partial charge >= 0.3 is 12.0 Å². The van der Waals surface area contributed by atoms with Crippen molar-refractivity contribution in [3.05, 3.63) is 62.7 Å². The molecule has 2 amide bonds. The number of anilines is 1. The summed E-state index contributed by atoms with van der Waals surface area (Å²) in [5.41, 5.74) is 1.05. The van der Waals surface area contributed by atoms with Gasteiger partial charge in [-0.2, -0.15) is 0 Å². The lowest BCUT2D eigenvalue weighted by molar-refractivity contribution is -0.139. The summed E-state index contributed by atoms with van der Waals surface area (Å²) in [7, 11) is 0. The number of rotatable bonds is 4. The molecular formula is C15H12ClIN2O3. The molecule has 0 fully saturated rings. The molecule has 3 N–H and O–H groups in total. The van der Waals surface area contributed by atoms with Crippen LogP contribution < -0.4 is 10.6 Å². The van der Waals surface area contributed by atoms with E-state index in [4.69, 9.17) is 11.6 Å². The number of benzene rings is 2. The number of hydrogen-bond acceptors (Lipinski definition) is 2. The molecule has 114 valence electrons. The largest absolute Gasteiger partial charge is 0.479 e. The van der Waals surface area contributed by atoms with Crippen molar-refractivity contribution in [1.29, 1.82) is 0 Å². The molecule has 0 spiro atoms. The number of nitrogens with one attached hydrogen (secondary N) is 2. The molecule has 2 aromatic rings. The van der Waals surface area contributed by atoms with Gasteiger partial charge in [-0.3, -0.25) is 0 Å². The Morgan fingerprint density at radius 3 is 2.32 bits per heavy atom. The number of carboxylic acid groups (broad SMARTS) is 1. The Morgan fingerprint density at radius 1 is 1.09 bits per heavy atom. The monoisotopic (exact) mass is 430 g/mol. The van der Waals surface area contributed by atoms with Gasteiger partial charge in [0.1, 0.15) is 0 Å². The van der Waals surface area contributed by atoms with Crippen molar-refractivity contribution >= 4 is 51.9 Å². The highest BCUT2D eigenvalue weighted by Gasteiger charge is 2.23. The number of amides is 2. The third-order valence-corrected chi connectivity index (χ3v) is 4.08. The first kappa shape index (κ1) is 16.6. The lowest BCUT2D eigenvalue weighted by Gasteiger charge is -2.17. The van der Waals surface area contributed by atoms with Gasteiger partial charge in [-0.15, -0.1) is 0 Å². The topological polar surface area (TPSA) is 78.4 Å². The molecule has 0 aliphatic heterocycles. The van der Waals surface area contributed by atoms with E-state index in [2.05, 4.69) is 10.6 Å². The van der Waals surface area contributed by atoms with Crippen LogP contribution in [0.2, 0.25) is 5.02 Å². The van der Waals surface area contributed by atoms with Crippen LogP contribution in [0.3, 0.4) is 0 Å². The van der Waals surface area contributed by atoms with Crippen molar-refractivity contribution in [2.45, 2.75) is 6.04 Å². The maximum absolute atomic E-state index is 12.0. The molecule has 0 radical (unpaired) electrons. The van der Waals surface area contributed by atoms with E-state index in [1.165, 1.54) is 0 Å². The minimum atomic E-state index is -1.13. The first-order chi connectivity index (χ1) is 10.5. The number of urea groups is 1. The minimum absolute atomic E-state index is 0.522. The molecule has 0 bridgehead atoms. The number of hydrogen-bond donors (Lipinski definition) is 3. The van der Waals surface area contributed by atoms with Crippen molar-refractivity contribution in [3.8, 4) is 0 Å². The highest BCUT2D eigenvalue weighted by Crippen LogP contribution is 2.20. The molecule has 2 rings (SSSR count). The van der Waals surface area contributed by atoms with Gasteiger partial charge in [-0.25, -0.2) is 9.59 Å². The maximum Gasteiger partial charge on any atom is 0.331 e. The van der Waals surface area contributed by atoms with Crippen LogP contribution in [0.15, 0.2) is 48.5 Å². The summed E-state index contributed by atoms with van der Waals surface area (Å²) >= 11 is 7.80. The van der Waals surface area contributed by atoms with Gasteiger partial charge in [-0.1, -0.05) is 29.8 Å². The average Bonchev–Trinajstić information content (AvgIpc) is 2.48. The van der Waals surface area contributed by atoms with Crippen molar-refractivity contribution in [1.82, 2.24) is 5.32 Å². The fourth-order valence-electron chi connectivity index (χ4n) is 1.81. The van der Waals surface area contributed by atoms with Crippen LogP contribution in [0.1, 0.15) is 11.6 Å². The van der Waals surface area contributed by atoms with E-state index in [1.54, 1.807) is 48.5 Å². The summed E-state index contributed by atoms with van der Waals surface area (Å²) in [6.07, 6.45) is 0. The number of aliphatic carboxylic acids is 1. The van der Waals surface area contributed by atoms with Crippen LogP contribution in [-0.2, 0) is 4.79 Å². The fraction of sp³-hybridized carbons (Fsp3) is 0.0667. The van der Waals surface area contributed by atoms with Gasteiger partial charge in [0.25, 0.3) is 0 Å². The summed E-state index contributed by atoms with van der Waals surface area (Å²) in [5.74, 6) is -1.13. The molecule has 0 aliphatic rings. The summed E-state index contributed by atoms with van der Waals surface area (Å²) in [6.45, 7) is 0. The fourth-order valence-corrected chi connectivity index (χ4v) is 2.64. The zero-order chi connectivity index (χ0) is 16.1. The lowest BCUT2D eigenvalue weighted by atomic mass is 10.1. The van der Waals surface area contributed by atoms with Gasteiger partial charge in [0.15, 0.2) is 6.04 Å². The third-order valence-electron chi connectivity index (χ3n) is 2.84. The molecule has 0 saturated carbocycles. The van der Waals surface area contributed by atoms with Crippen molar-refractivity contribution < 1.29 is 14.7 Å². The summed E-state index contributed by atoms with van der Waals surface area (Å²) < 4.78 is 0.763. The van der Waals surface area contributed by atoms with E-state index < -0.39 is 18.0 Å². The van der Waals surface area contributed by atoms with Crippen LogP contribution in [0.5, 0.6) is 0 Å². The molecule has 1 atom stereocenters. The normalized spacial score (nSPS) is 11.5. The Balaban J connectivity index is 2.11. The predicted octanol–water partition coefficient (Wildman–Crippen LogP) is 3.89. The first-order valence-electron chi connectivity index (χ1n) is 6.27. The number of carbonyl (C=O) groups excluding carboxylic acids is 1. The molecule has 1 unspecified atom stereocenters. The second kappa shape index (κ2) is 7.46. The Morgan fingerprint density at radius 2 is 1.73 bits per heavy atom. The maximum atomic E-state index is 12.0. The molecule has 22 heavy (non-hydrogen) atoms. The second-order valence-corrected chi connectivity index (χ2v) is 6.00. The molecule has 7 heteroatoms. The van der Waals surface area contributed by atoms with Gasteiger partial charge in [0, 0.05) is 14.3 Å². The number of carbonyl (C=O) groups is 2. The van der Waals surface area contributed by atoms with Gasteiger partial charge < -0.3 is 15.7 Å². The highest BCUT2D eigenvalue weighted by molar-refractivity contribution is 14.1. The Bertz CT molecular complexity index is 691. The second-order valence-electron chi connectivity index (χ2n) is 4.40. The summed E-state index contributed by atoms with van der Waals surface area (Å²) in [6, 6.07) is 11.8. The zero-order valence-electron chi connectivity index (χ0n) is 11.2. The molecular weight excluding hydrogens is 419 g/mol. The van der Waals surface area contributed by atoms with Gasteiger partial charge in [0.05, 0.1) is 0 Å². The lowest BCUT2D eigenvalue weighted by Crippen LogP contribution is -2.37. The Hall–Kier alpha value is -1.80. The van der Waals surface area contributed by atoms with E-state index in [0.717, 1.165) is 3.57 Å². The van der Waals surface area contributed by atoms with Crippen LogP contribution >= 0.6 is 34.2 Å². The molecule has 0 heterocycles. The van der Waals surface area contributed by atoms with E-state index in [1.807, 2.05) is 22.6 Å². The Kier molecular flexibility index (Phi) is 5.62. The minimum Gasteiger partial charge on any atom is -0.479 e. The summed E-state index contributed by atoms with van der Waals surface area (Å²) in [5, 5.41) is 14.9. The van der Waals surface area contributed by atoms with Crippen LogP contribution in [0.4, 0.5) is 10.5 Å². The van der Waals surface area contributed by atoms with Crippen LogP contribution in [-0.4, -0.2) is 17.1 Å². The molecule has 2 aromatic carbocycles. The first-order valence-corrected chi connectivity index (χ1v) is 7.73. The van der Waals surface area contributed by atoms with Crippen LogP contribution in [0.25, 0.3) is 0 Å². The van der Waals surface area contributed by atoms with Crippen molar-refractivity contribution in [3.63, 3.8) is 0 Å². The molecule has 5 nitrogen and oxygen atoms in total. The van der Waals surface area contributed by atoms with E-state index >= 15 is 0 Å².